The van der Waals surface area contributed by atoms with Crippen molar-refractivity contribution in [2.45, 2.75) is 76.3 Å². The lowest BCUT2D eigenvalue weighted by molar-refractivity contribution is -0.783. The number of likely N-dealkylation sites (N-methyl/N-ethyl adjacent to an activating group) is 1. The molecule has 0 aromatic carbocycles. The van der Waals surface area contributed by atoms with Gasteiger partial charge in [0.05, 0.1) is 14.1 Å². The lowest BCUT2D eigenvalue weighted by Crippen LogP contribution is -2.18. The van der Waals surface area contributed by atoms with E-state index in [0.717, 1.165) is 12.1 Å². The molecule has 2 fully saturated rings. The topological polar surface area (TPSA) is 0 Å². The van der Waals surface area contributed by atoms with Crippen molar-refractivity contribution in [1.29, 1.82) is 0 Å². The molecule has 0 unspecified atom stereocenters. The number of rotatable bonds is 0. The summed E-state index contributed by atoms with van der Waals surface area (Å²) in [6.45, 7) is 0. The summed E-state index contributed by atoms with van der Waals surface area (Å²) in [4.78, 5) is 0. The summed E-state index contributed by atoms with van der Waals surface area (Å²) in [5.41, 5.74) is 0. The highest BCUT2D eigenvalue weighted by molar-refractivity contribution is 4.85. The van der Waals surface area contributed by atoms with Gasteiger partial charge in [-0.25, -0.2) is 0 Å². The molecule has 1 aliphatic heterocycles. The van der Waals surface area contributed by atoms with Gasteiger partial charge in [-0.15, -0.1) is 0 Å². The Morgan fingerprint density at radius 2 is 0.933 bits per heavy atom. The fourth-order valence-corrected chi connectivity index (χ4v) is 3.57. The zero-order chi connectivity index (χ0) is 10.7. The van der Waals surface area contributed by atoms with Crippen LogP contribution in [0.25, 0.3) is 0 Å². The molecule has 0 amide bonds. The molecule has 0 spiro atoms. The van der Waals surface area contributed by atoms with E-state index >= 15 is 0 Å². The summed E-state index contributed by atoms with van der Waals surface area (Å²) < 4.78 is 1.33. The van der Waals surface area contributed by atoms with Crippen molar-refractivity contribution in [2.75, 3.05) is 14.1 Å². The Morgan fingerprint density at radius 1 is 0.600 bits per heavy atom. The van der Waals surface area contributed by atoms with Crippen LogP contribution in [0.1, 0.15) is 64.2 Å². The monoisotopic (exact) mass is 210 g/mol. The summed E-state index contributed by atoms with van der Waals surface area (Å²) >= 11 is 0. The molecule has 2 rings (SSSR count). The van der Waals surface area contributed by atoms with Crippen LogP contribution in [0.5, 0.6) is 0 Å². The van der Waals surface area contributed by atoms with Crippen molar-refractivity contribution in [3.8, 4) is 0 Å². The first kappa shape index (κ1) is 11.4. The third kappa shape index (κ3) is 2.75. The van der Waals surface area contributed by atoms with Gasteiger partial charge in [0.25, 0.3) is 0 Å². The Bertz CT molecular complexity index is 178. The van der Waals surface area contributed by atoms with Crippen molar-refractivity contribution in [2.24, 2.45) is 0 Å². The molecule has 0 bridgehead atoms. The molecular formula is C14H28N+. The summed E-state index contributed by atoms with van der Waals surface area (Å²) in [5.74, 6) is 0. The molecule has 1 aliphatic carbocycles. The zero-order valence-electron chi connectivity index (χ0n) is 10.7. The van der Waals surface area contributed by atoms with E-state index in [1.165, 1.54) is 68.7 Å². The van der Waals surface area contributed by atoms with Gasteiger partial charge in [0.1, 0.15) is 12.1 Å². The van der Waals surface area contributed by atoms with E-state index in [2.05, 4.69) is 14.1 Å². The Hall–Kier alpha value is -0.0400. The van der Waals surface area contributed by atoms with Gasteiger partial charge in [-0.05, 0) is 12.8 Å². The van der Waals surface area contributed by atoms with E-state index < -0.39 is 0 Å². The van der Waals surface area contributed by atoms with E-state index in [0.29, 0.717) is 0 Å². The summed E-state index contributed by atoms with van der Waals surface area (Å²) in [6.07, 6.45) is 14.9. The van der Waals surface area contributed by atoms with Gasteiger partial charge >= 0.3 is 0 Å². The molecule has 88 valence electrons. The summed E-state index contributed by atoms with van der Waals surface area (Å²) in [7, 11) is 4.88. The predicted molar refractivity (Wildman–Crippen MR) is 65.9 cm³/mol. The average molecular weight is 210 g/mol. The summed E-state index contributed by atoms with van der Waals surface area (Å²) in [5, 5.41) is 0. The third-order valence-corrected chi connectivity index (χ3v) is 4.81. The maximum atomic E-state index is 2.44. The molecule has 15 heavy (non-hydrogen) atoms. The Morgan fingerprint density at radius 3 is 1.33 bits per heavy atom. The fourth-order valence-electron chi connectivity index (χ4n) is 3.57. The third-order valence-electron chi connectivity index (χ3n) is 4.81. The van der Waals surface area contributed by atoms with Gasteiger partial charge in [0.2, 0.25) is 0 Å². The van der Waals surface area contributed by atoms with Gasteiger partial charge in [-0.2, -0.15) is 0 Å². The van der Waals surface area contributed by atoms with Crippen molar-refractivity contribution < 1.29 is 4.48 Å². The first-order chi connectivity index (χ1) is 7.23. The van der Waals surface area contributed by atoms with Crippen LogP contribution in [0.3, 0.4) is 0 Å². The number of fused-ring (bicyclic) bond motifs is 1. The molecular weight excluding hydrogens is 182 g/mol. The molecule has 0 radical (unpaired) electrons. The number of quaternary nitrogens is 1. The number of hydrogen-bond acceptors (Lipinski definition) is 0. The molecule has 0 aromatic rings. The molecule has 0 N–H and O–H groups in total. The first-order valence-corrected chi connectivity index (χ1v) is 7.06. The predicted octanol–water partition coefficient (Wildman–Crippen LogP) is 3.73. The molecule has 0 aromatic heterocycles. The maximum Gasteiger partial charge on any atom is 0.141 e. The van der Waals surface area contributed by atoms with Crippen LogP contribution < -0.4 is 0 Å². The second-order valence-electron chi connectivity index (χ2n) is 6.17. The van der Waals surface area contributed by atoms with Crippen molar-refractivity contribution >= 4 is 0 Å². The smallest absolute Gasteiger partial charge is 0.141 e. The van der Waals surface area contributed by atoms with Crippen molar-refractivity contribution in [3.63, 3.8) is 0 Å². The summed E-state index contributed by atoms with van der Waals surface area (Å²) in [6, 6.07) is 2.04. The van der Waals surface area contributed by atoms with Crippen LogP contribution in [0.2, 0.25) is 0 Å². The average Bonchev–Trinajstić information content (AvgIpc) is 2.67. The molecule has 1 heterocycles. The van der Waals surface area contributed by atoms with E-state index in [1.807, 2.05) is 0 Å². The highest BCUT2D eigenvalue weighted by atomic mass is 15.5. The minimum atomic E-state index is 1.02. The van der Waals surface area contributed by atoms with Crippen LogP contribution in [-0.4, -0.2) is 30.7 Å². The SMILES string of the molecule is C[N+]1(C)[C@@H]2CCCCCCCCCC[C@@H]21. The maximum absolute atomic E-state index is 2.44. The highest BCUT2D eigenvalue weighted by Gasteiger charge is 2.58. The van der Waals surface area contributed by atoms with E-state index in [-0.39, 0.29) is 0 Å². The minimum Gasteiger partial charge on any atom is -0.314 e. The van der Waals surface area contributed by atoms with Gasteiger partial charge in [0.15, 0.2) is 0 Å². The molecule has 1 saturated carbocycles. The van der Waals surface area contributed by atoms with Crippen LogP contribution in [0.4, 0.5) is 0 Å². The minimum absolute atomic E-state index is 1.02. The molecule has 2 aliphatic rings. The van der Waals surface area contributed by atoms with Crippen molar-refractivity contribution in [1.82, 2.24) is 0 Å². The fraction of sp³-hybridized carbons (Fsp3) is 1.00. The second-order valence-corrected chi connectivity index (χ2v) is 6.17. The van der Waals surface area contributed by atoms with E-state index in [9.17, 15) is 0 Å². The van der Waals surface area contributed by atoms with Crippen LogP contribution in [-0.2, 0) is 0 Å². The number of nitrogens with zero attached hydrogens (tertiary/aromatic N) is 1. The van der Waals surface area contributed by atoms with Crippen LogP contribution in [0, 0.1) is 0 Å². The lowest BCUT2D eigenvalue weighted by Gasteiger charge is -2.07. The highest BCUT2D eigenvalue weighted by Crippen LogP contribution is 2.42. The first-order valence-electron chi connectivity index (χ1n) is 7.06. The Balaban J connectivity index is 1.80. The van der Waals surface area contributed by atoms with Gasteiger partial charge in [0, 0.05) is 12.8 Å². The van der Waals surface area contributed by atoms with E-state index in [4.69, 9.17) is 0 Å². The van der Waals surface area contributed by atoms with Crippen LogP contribution >= 0.6 is 0 Å². The Labute approximate surface area is 95.4 Å². The van der Waals surface area contributed by atoms with Gasteiger partial charge in [-0.3, -0.25) is 0 Å². The molecule has 1 saturated heterocycles. The van der Waals surface area contributed by atoms with Gasteiger partial charge in [-0.1, -0.05) is 38.5 Å². The van der Waals surface area contributed by atoms with Crippen molar-refractivity contribution in [3.05, 3.63) is 0 Å². The molecule has 1 heteroatoms. The van der Waals surface area contributed by atoms with Gasteiger partial charge < -0.3 is 4.48 Å². The zero-order valence-corrected chi connectivity index (χ0v) is 10.7. The Kier molecular flexibility index (Phi) is 3.71. The largest absolute Gasteiger partial charge is 0.314 e. The molecule has 2 atom stereocenters. The van der Waals surface area contributed by atoms with Crippen LogP contribution in [0.15, 0.2) is 0 Å². The molecule has 1 nitrogen and oxygen atoms in total. The number of hydrogen-bond donors (Lipinski definition) is 0. The second kappa shape index (κ2) is 4.86. The quantitative estimate of drug-likeness (QED) is 0.422. The normalized spacial score (nSPS) is 37.2. The van der Waals surface area contributed by atoms with E-state index in [1.54, 1.807) is 0 Å². The lowest BCUT2D eigenvalue weighted by atomic mass is 10.0. The standard InChI is InChI=1S/C14H28N/c1-15(2)13-11-9-7-5-3-4-6-8-10-12-14(13)15/h13-14H,3-12H2,1-2H3/q+1/t13-,14+.